The molecule has 2 aromatic heterocycles. The van der Waals surface area contributed by atoms with Crippen LogP contribution < -0.4 is 48.7 Å². The zero-order valence-corrected chi connectivity index (χ0v) is 27.7. The number of hydrogen-bond donors (Lipinski definition) is 9. The SMILES string of the molecule is CC(C)(O/N=C(\C(=O)N[C@@H]1C(=O)N2C(C(=O)[O-])=C(C[n+]3cc(NC(=O)NC(CN)CN)c(N)n3CCO)CS[C@H]12)c1nsc(N)n1)C(=O)O. The predicted octanol–water partition coefficient (Wildman–Crippen LogP) is -5.12. The number of aliphatic hydroxyl groups excluding tert-OH is 1. The smallest absolute Gasteiger partial charge is 0.350 e. The summed E-state index contributed by atoms with van der Waals surface area (Å²) in [5, 5.41) is 41.8. The summed E-state index contributed by atoms with van der Waals surface area (Å²) in [4.78, 5) is 72.9. The molecule has 0 radical (unpaired) electrons. The highest BCUT2D eigenvalue weighted by atomic mass is 32.2. The monoisotopic (exact) mass is 725 g/mol. The average molecular weight is 726 g/mol. The van der Waals surface area contributed by atoms with Gasteiger partial charge in [0.25, 0.3) is 11.8 Å². The highest BCUT2D eigenvalue weighted by molar-refractivity contribution is 8.00. The number of rotatable bonds is 15. The van der Waals surface area contributed by atoms with Gasteiger partial charge >= 0.3 is 12.0 Å². The molecule has 2 aliphatic heterocycles. The van der Waals surface area contributed by atoms with Crippen LogP contribution in [0, 0.1) is 0 Å². The quantitative estimate of drug-likeness (QED) is 0.0359. The number of nitrogen functional groups attached to an aromatic ring is 2. The van der Waals surface area contributed by atoms with Gasteiger partial charge in [0.15, 0.2) is 23.2 Å². The Morgan fingerprint density at radius 2 is 1.96 bits per heavy atom. The normalized spacial score (nSPS) is 17.8. The maximum absolute atomic E-state index is 13.3. The summed E-state index contributed by atoms with van der Waals surface area (Å²) < 4.78 is 6.78. The van der Waals surface area contributed by atoms with Crippen molar-refractivity contribution >= 4 is 75.4 Å². The second-order valence-electron chi connectivity index (χ2n) is 11.0. The van der Waals surface area contributed by atoms with Gasteiger partial charge in [-0.25, -0.2) is 9.59 Å². The van der Waals surface area contributed by atoms with E-state index in [-0.39, 0.29) is 66.6 Å². The van der Waals surface area contributed by atoms with E-state index in [1.54, 1.807) is 0 Å². The number of thioether (sulfide) groups is 1. The summed E-state index contributed by atoms with van der Waals surface area (Å²) in [5.74, 6) is -5.02. The summed E-state index contributed by atoms with van der Waals surface area (Å²) in [6, 6.07) is -2.38. The van der Waals surface area contributed by atoms with Crippen LogP contribution in [0.5, 0.6) is 0 Å². The Bertz CT molecular complexity index is 1700. The molecule has 4 amide bonds. The van der Waals surface area contributed by atoms with Crippen LogP contribution in [-0.2, 0) is 37.1 Å². The van der Waals surface area contributed by atoms with Crippen LogP contribution in [0.4, 0.5) is 21.4 Å². The number of anilines is 3. The van der Waals surface area contributed by atoms with Crippen LogP contribution in [-0.4, -0.2) is 113 Å². The van der Waals surface area contributed by atoms with Gasteiger partial charge in [0.05, 0.1) is 24.3 Å². The Labute approximate surface area is 285 Å². The molecule has 2 atom stereocenters. The van der Waals surface area contributed by atoms with Crippen molar-refractivity contribution in [3.63, 3.8) is 0 Å². The van der Waals surface area contributed by atoms with Gasteiger partial charge in [0, 0.05) is 35.9 Å². The number of β-lactam (4-membered cyclic amide) rings is 1. The summed E-state index contributed by atoms with van der Waals surface area (Å²) in [5.41, 5.74) is 20.5. The number of fused-ring (bicyclic) bond motifs is 1. The van der Waals surface area contributed by atoms with Crippen LogP contribution in [0.2, 0.25) is 0 Å². The molecule has 1 saturated heterocycles. The summed E-state index contributed by atoms with van der Waals surface area (Å²) in [6.45, 7) is 2.05. The second-order valence-corrected chi connectivity index (χ2v) is 12.9. The number of aliphatic carboxylic acids is 2. The number of carbonyl (C=O) groups excluding carboxylic acids is 4. The largest absolute Gasteiger partial charge is 0.543 e. The van der Waals surface area contributed by atoms with Crippen molar-refractivity contribution in [3.05, 3.63) is 23.3 Å². The number of oxime groups is 1. The van der Waals surface area contributed by atoms with Crippen LogP contribution >= 0.6 is 23.3 Å². The van der Waals surface area contributed by atoms with Gasteiger partial charge in [0.1, 0.15) is 18.0 Å². The van der Waals surface area contributed by atoms with Gasteiger partial charge in [-0.15, -0.1) is 21.1 Å². The lowest BCUT2D eigenvalue weighted by molar-refractivity contribution is -0.767. The first-order valence-corrected chi connectivity index (χ1v) is 16.2. The van der Waals surface area contributed by atoms with E-state index in [1.807, 2.05) is 0 Å². The Morgan fingerprint density at radius 1 is 1.27 bits per heavy atom. The van der Waals surface area contributed by atoms with E-state index in [4.69, 9.17) is 27.8 Å². The molecule has 266 valence electrons. The second kappa shape index (κ2) is 15.0. The molecule has 13 N–H and O–H groups in total. The zero-order valence-electron chi connectivity index (χ0n) is 26.1. The molecule has 2 aromatic rings. The van der Waals surface area contributed by atoms with E-state index >= 15 is 0 Å². The lowest BCUT2D eigenvalue weighted by Gasteiger charge is -2.50. The molecule has 2 aliphatic rings. The van der Waals surface area contributed by atoms with E-state index in [2.05, 4.69) is 30.5 Å². The lowest BCUT2D eigenvalue weighted by Crippen LogP contribution is -2.71. The van der Waals surface area contributed by atoms with Crippen molar-refractivity contribution < 1.29 is 48.8 Å². The molecule has 4 heterocycles. The maximum atomic E-state index is 13.3. The number of nitrogens with one attached hydrogen (secondary N) is 3. The number of aliphatic hydroxyl groups is 1. The molecule has 0 bridgehead atoms. The number of nitrogens with two attached hydrogens (primary N) is 4. The number of urea groups is 1. The van der Waals surface area contributed by atoms with E-state index in [0.29, 0.717) is 0 Å². The third-order valence-corrected chi connectivity index (χ3v) is 9.12. The van der Waals surface area contributed by atoms with Crippen LogP contribution in [0.3, 0.4) is 0 Å². The van der Waals surface area contributed by atoms with Gasteiger partial charge < -0.3 is 58.5 Å². The first kappa shape index (κ1) is 36.8. The molecule has 0 unspecified atom stereocenters. The maximum Gasteiger partial charge on any atom is 0.350 e. The standard InChI is InChI=1S/C25H35N13O9S2/c1-25(2,22(44)45)47-34-13(17-33-23(29)49-35-17)18(40)32-14-19(41)38-15(21(42)43)10(9-48-20(14)38)7-36-8-12(16(28)37(36)3-4-39)31-24(46)30-11(5-26)6-27/h8,11,14,20,28,39H,3-7,9,26-27H2,1-2H3,(H7,29,30,31,32,33,35,40,42,43,44,45,46)/b34-13-/t14-,20-/m1/s1. The number of carbonyl (C=O) groups is 5. The topological polar surface area (TPSA) is 348 Å². The molecule has 1 fully saturated rings. The number of carboxylic acids is 2. The van der Waals surface area contributed by atoms with Gasteiger partial charge in [-0.3, -0.25) is 19.8 Å². The molecule has 24 heteroatoms. The highest BCUT2D eigenvalue weighted by Crippen LogP contribution is 2.40. The van der Waals surface area contributed by atoms with Crippen molar-refractivity contribution in [2.24, 2.45) is 16.6 Å². The minimum atomic E-state index is -1.85. The van der Waals surface area contributed by atoms with Gasteiger partial charge in [-0.1, -0.05) is 5.16 Å². The van der Waals surface area contributed by atoms with Gasteiger partial charge in [0.2, 0.25) is 23.3 Å². The summed E-state index contributed by atoms with van der Waals surface area (Å²) >= 11 is 1.87. The minimum absolute atomic E-state index is 0.0271. The zero-order chi connectivity index (χ0) is 36.2. The molecule has 0 spiro atoms. The molecule has 4 rings (SSSR count). The number of hydrogen-bond acceptors (Lipinski definition) is 17. The number of aromatic nitrogens is 4. The number of carboxylic acid groups (broad SMARTS) is 2. The lowest BCUT2D eigenvalue weighted by atomic mass is 10.0. The van der Waals surface area contributed by atoms with E-state index in [0.717, 1.165) is 28.2 Å². The Balaban J connectivity index is 1.56. The molecular weight excluding hydrogens is 690 g/mol. The fourth-order valence-corrected chi connectivity index (χ4v) is 6.37. The fraction of sp³-hybridized carbons (Fsp3) is 0.480. The first-order valence-electron chi connectivity index (χ1n) is 14.4. The van der Waals surface area contributed by atoms with E-state index in [9.17, 15) is 39.3 Å². The Morgan fingerprint density at radius 3 is 2.53 bits per heavy atom. The molecule has 22 nitrogen and oxygen atoms in total. The highest BCUT2D eigenvalue weighted by Gasteiger charge is 2.53. The first-order chi connectivity index (χ1) is 23.1. The van der Waals surface area contributed by atoms with Gasteiger partial charge in [-0.05, 0) is 13.8 Å². The molecule has 0 aliphatic carbocycles. The Hall–Kier alpha value is -5.04. The predicted molar refractivity (Wildman–Crippen MR) is 171 cm³/mol. The third-order valence-electron chi connectivity index (χ3n) is 7.24. The minimum Gasteiger partial charge on any atom is -0.543 e. The summed E-state index contributed by atoms with van der Waals surface area (Å²) in [6.07, 6.45) is 1.43. The third kappa shape index (κ3) is 7.83. The van der Waals surface area contributed by atoms with Crippen molar-refractivity contribution in [1.29, 1.82) is 0 Å². The van der Waals surface area contributed by atoms with Crippen LogP contribution in [0.15, 0.2) is 22.6 Å². The van der Waals surface area contributed by atoms with E-state index < -0.39 is 64.3 Å². The van der Waals surface area contributed by atoms with E-state index in [1.165, 1.54) is 29.4 Å². The van der Waals surface area contributed by atoms with Crippen LogP contribution in [0.25, 0.3) is 0 Å². The molecule has 0 aromatic carbocycles. The van der Waals surface area contributed by atoms with Crippen molar-refractivity contribution in [1.82, 2.24) is 29.6 Å². The van der Waals surface area contributed by atoms with Gasteiger partial charge in [-0.2, -0.15) is 9.36 Å². The molecule has 0 saturated carbocycles. The number of nitrogens with zero attached hydrogens (tertiary/aromatic N) is 6. The molecule has 49 heavy (non-hydrogen) atoms. The molecular formula is C25H35N13O9S2. The summed E-state index contributed by atoms with van der Waals surface area (Å²) in [7, 11) is 0. The van der Waals surface area contributed by atoms with Crippen LogP contribution in [0.1, 0.15) is 19.7 Å². The fourth-order valence-electron chi connectivity index (χ4n) is 4.60. The number of amides is 4. The Kier molecular flexibility index (Phi) is 11.3. The van der Waals surface area contributed by atoms with Crippen molar-refractivity contribution in [2.45, 2.75) is 50.0 Å². The van der Waals surface area contributed by atoms with Crippen molar-refractivity contribution in [3.8, 4) is 0 Å². The van der Waals surface area contributed by atoms with Crippen molar-refractivity contribution in [2.75, 3.05) is 42.2 Å². The average Bonchev–Trinajstić information content (AvgIpc) is 3.60.